The number of ketones is 1. The molecule has 2 nitrogen and oxygen atoms in total. The zero-order valence-electron chi connectivity index (χ0n) is 12.2. The summed E-state index contributed by atoms with van der Waals surface area (Å²) in [6.07, 6.45) is 0. The van der Waals surface area contributed by atoms with Crippen LogP contribution in [0.3, 0.4) is 0 Å². The van der Waals surface area contributed by atoms with Crippen molar-refractivity contribution in [3.8, 4) is 0 Å². The van der Waals surface area contributed by atoms with Crippen molar-refractivity contribution in [2.24, 2.45) is 0 Å². The Balaban J connectivity index is 2.03. The van der Waals surface area contributed by atoms with E-state index in [1.54, 1.807) is 0 Å². The molecule has 102 valence electrons. The van der Waals surface area contributed by atoms with Crippen molar-refractivity contribution in [2.45, 2.75) is 26.7 Å². The third-order valence-electron chi connectivity index (χ3n) is 4.02. The highest BCUT2D eigenvalue weighted by Gasteiger charge is 2.29. The van der Waals surface area contributed by atoms with Gasteiger partial charge in [0.1, 0.15) is 0 Å². The molecule has 1 aliphatic heterocycles. The highest BCUT2D eigenvalue weighted by molar-refractivity contribution is 6.08. The summed E-state index contributed by atoms with van der Waals surface area (Å²) in [5, 5.41) is 3.42. The van der Waals surface area contributed by atoms with Crippen molar-refractivity contribution in [3.63, 3.8) is 0 Å². The number of anilines is 1. The van der Waals surface area contributed by atoms with Crippen LogP contribution in [0.4, 0.5) is 5.69 Å². The van der Waals surface area contributed by atoms with Gasteiger partial charge in [0, 0.05) is 17.8 Å². The molecule has 2 heteroatoms. The average molecular weight is 265 g/mol. The molecule has 0 radical (unpaired) electrons. The molecule has 0 amide bonds. The van der Waals surface area contributed by atoms with Gasteiger partial charge in [-0.3, -0.25) is 4.79 Å². The van der Waals surface area contributed by atoms with E-state index in [4.69, 9.17) is 0 Å². The Morgan fingerprint density at radius 3 is 2.40 bits per heavy atom. The average Bonchev–Trinajstić information content (AvgIpc) is 2.39. The lowest BCUT2D eigenvalue weighted by Crippen LogP contribution is -2.28. The Labute approximate surface area is 119 Å². The fourth-order valence-electron chi connectivity index (χ4n) is 2.98. The molecule has 0 fully saturated rings. The predicted molar refractivity (Wildman–Crippen MR) is 82.7 cm³/mol. The Kier molecular flexibility index (Phi) is 3.09. The molecule has 0 saturated heterocycles. The Morgan fingerprint density at radius 1 is 1.00 bits per heavy atom. The van der Waals surface area contributed by atoms with Crippen LogP contribution in [-0.4, -0.2) is 12.3 Å². The summed E-state index contributed by atoms with van der Waals surface area (Å²) < 4.78 is 0. The maximum atomic E-state index is 12.8. The molecule has 0 bridgehead atoms. The van der Waals surface area contributed by atoms with Crippen LogP contribution >= 0.6 is 0 Å². The van der Waals surface area contributed by atoms with Gasteiger partial charge in [-0.1, -0.05) is 35.9 Å². The molecule has 0 aliphatic carbocycles. The maximum absolute atomic E-state index is 12.8. The van der Waals surface area contributed by atoms with Gasteiger partial charge in [0.2, 0.25) is 0 Å². The lowest BCUT2D eigenvalue weighted by atomic mass is 9.84. The minimum atomic E-state index is -0.0792. The van der Waals surface area contributed by atoms with E-state index in [0.29, 0.717) is 6.54 Å². The monoisotopic (exact) mass is 265 g/mol. The number of rotatable bonds is 1. The van der Waals surface area contributed by atoms with Crippen molar-refractivity contribution in [2.75, 3.05) is 11.9 Å². The Bertz CT molecular complexity index is 671. The second kappa shape index (κ2) is 4.78. The SMILES string of the molecule is Cc1ccc(C2CNc3cc(C)cc(C)c3C2=O)cc1. The number of aryl methyl sites for hydroxylation is 3. The number of benzene rings is 2. The molecular formula is C18H19NO. The quantitative estimate of drug-likeness (QED) is 0.844. The van der Waals surface area contributed by atoms with Crippen molar-refractivity contribution in [1.82, 2.24) is 0 Å². The number of hydrogen-bond acceptors (Lipinski definition) is 2. The number of carbonyl (C=O) groups excluding carboxylic acids is 1. The Hall–Kier alpha value is -2.09. The maximum Gasteiger partial charge on any atom is 0.174 e. The molecule has 1 aliphatic rings. The van der Waals surface area contributed by atoms with Crippen molar-refractivity contribution in [1.29, 1.82) is 0 Å². The van der Waals surface area contributed by atoms with Gasteiger partial charge in [-0.05, 0) is 43.5 Å². The molecule has 0 spiro atoms. The van der Waals surface area contributed by atoms with E-state index in [9.17, 15) is 4.79 Å². The van der Waals surface area contributed by atoms with Crippen molar-refractivity contribution < 1.29 is 4.79 Å². The lowest BCUT2D eigenvalue weighted by Gasteiger charge is -2.27. The summed E-state index contributed by atoms with van der Waals surface area (Å²) in [5.74, 6) is 0.157. The standard InChI is InChI=1S/C18H19NO/c1-11-4-6-14(7-5-11)15-10-19-16-9-12(2)8-13(3)17(16)18(15)20/h4-9,15,19H,10H2,1-3H3. The van der Waals surface area contributed by atoms with Crippen LogP contribution in [-0.2, 0) is 0 Å². The van der Waals surface area contributed by atoms with Gasteiger partial charge in [0.25, 0.3) is 0 Å². The van der Waals surface area contributed by atoms with Crippen LogP contribution in [0.25, 0.3) is 0 Å². The van der Waals surface area contributed by atoms with E-state index < -0.39 is 0 Å². The molecule has 1 heterocycles. The molecular weight excluding hydrogens is 246 g/mol. The first-order valence-electron chi connectivity index (χ1n) is 7.02. The summed E-state index contributed by atoms with van der Waals surface area (Å²) in [4.78, 5) is 12.8. The van der Waals surface area contributed by atoms with Gasteiger partial charge in [-0.2, -0.15) is 0 Å². The largest absolute Gasteiger partial charge is 0.383 e. The first-order chi connectivity index (χ1) is 9.56. The molecule has 1 N–H and O–H groups in total. The number of hydrogen-bond donors (Lipinski definition) is 1. The summed E-state index contributed by atoms with van der Waals surface area (Å²) in [6, 6.07) is 12.4. The number of fused-ring (bicyclic) bond motifs is 1. The molecule has 1 unspecified atom stereocenters. The summed E-state index contributed by atoms with van der Waals surface area (Å²) in [6.45, 7) is 6.82. The first-order valence-corrected chi connectivity index (χ1v) is 7.02. The molecule has 1 atom stereocenters. The van der Waals surface area contributed by atoms with Crippen LogP contribution in [0, 0.1) is 20.8 Å². The Morgan fingerprint density at radius 2 is 1.70 bits per heavy atom. The lowest BCUT2D eigenvalue weighted by molar-refractivity contribution is 0.0960. The summed E-state index contributed by atoms with van der Waals surface area (Å²) >= 11 is 0. The van der Waals surface area contributed by atoms with Gasteiger partial charge in [0.15, 0.2) is 5.78 Å². The molecule has 20 heavy (non-hydrogen) atoms. The zero-order valence-corrected chi connectivity index (χ0v) is 12.2. The van der Waals surface area contributed by atoms with Gasteiger partial charge in [0.05, 0.1) is 5.92 Å². The first kappa shape index (κ1) is 12.9. The van der Waals surface area contributed by atoms with Crippen LogP contribution in [0.2, 0.25) is 0 Å². The van der Waals surface area contributed by atoms with E-state index in [2.05, 4.69) is 55.6 Å². The highest BCUT2D eigenvalue weighted by Crippen LogP contribution is 2.33. The topological polar surface area (TPSA) is 29.1 Å². The normalized spacial score (nSPS) is 17.6. The van der Waals surface area contributed by atoms with Crippen molar-refractivity contribution in [3.05, 3.63) is 64.2 Å². The van der Waals surface area contributed by atoms with Crippen LogP contribution in [0.1, 0.15) is 38.5 Å². The second-order valence-corrected chi connectivity index (χ2v) is 5.71. The van der Waals surface area contributed by atoms with E-state index in [1.165, 1.54) is 11.1 Å². The predicted octanol–water partition coefficient (Wildman–Crippen LogP) is 4.00. The minimum Gasteiger partial charge on any atom is -0.383 e. The highest BCUT2D eigenvalue weighted by atomic mass is 16.1. The number of carbonyl (C=O) groups is 1. The minimum absolute atomic E-state index is 0.0792. The van der Waals surface area contributed by atoms with Gasteiger partial charge in [-0.15, -0.1) is 0 Å². The molecule has 0 saturated carbocycles. The van der Waals surface area contributed by atoms with E-state index in [0.717, 1.165) is 22.4 Å². The van der Waals surface area contributed by atoms with E-state index in [-0.39, 0.29) is 11.7 Å². The van der Waals surface area contributed by atoms with Crippen LogP contribution in [0.15, 0.2) is 36.4 Å². The van der Waals surface area contributed by atoms with Gasteiger partial charge >= 0.3 is 0 Å². The third kappa shape index (κ3) is 2.11. The molecule has 0 aromatic heterocycles. The third-order valence-corrected chi connectivity index (χ3v) is 4.02. The van der Waals surface area contributed by atoms with E-state index in [1.807, 2.05) is 6.92 Å². The van der Waals surface area contributed by atoms with E-state index >= 15 is 0 Å². The summed E-state index contributed by atoms with van der Waals surface area (Å²) in [7, 11) is 0. The van der Waals surface area contributed by atoms with Crippen molar-refractivity contribution >= 4 is 11.5 Å². The fraction of sp³-hybridized carbons (Fsp3) is 0.278. The summed E-state index contributed by atoms with van der Waals surface area (Å²) in [5.41, 5.74) is 6.41. The molecule has 3 rings (SSSR count). The molecule has 2 aromatic carbocycles. The smallest absolute Gasteiger partial charge is 0.174 e. The zero-order chi connectivity index (χ0) is 14.3. The van der Waals surface area contributed by atoms with Gasteiger partial charge in [-0.25, -0.2) is 0 Å². The second-order valence-electron chi connectivity index (χ2n) is 5.71. The van der Waals surface area contributed by atoms with Crippen LogP contribution in [0.5, 0.6) is 0 Å². The number of Topliss-reactive ketones (excluding diaryl/α,β-unsaturated/α-hetero) is 1. The van der Waals surface area contributed by atoms with Gasteiger partial charge < -0.3 is 5.32 Å². The molecule has 2 aromatic rings. The number of nitrogens with one attached hydrogen (secondary N) is 1. The van der Waals surface area contributed by atoms with Crippen LogP contribution < -0.4 is 5.32 Å². The fourth-order valence-corrected chi connectivity index (χ4v) is 2.98.